The standard InChI is InChI=1S/C16H18S2/c1-13(15-9-5-3-6-10-15)17-18-14(2)16-11-7-4-8-12-16/h3-14H,1-2H3. The average molecular weight is 274 g/mol. The molecule has 0 aliphatic carbocycles. The fraction of sp³-hybridized carbons (Fsp3) is 0.250. The molecule has 2 rings (SSSR count). The number of hydrogen-bond donors (Lipinski definition) is 0. The smallest absolute Gasteiger partial charge is 0.0373 e. The van der Waals surface area contributed by atoms with Gasteiger partial charge in [-0.3, -0.25) is 0 Å². The highest BCUT2D eigenvalue weighted by Crippen LogP contribution is 2.45. The Morgan fingerprint density at radius 3 is 1.28 bits per heavy atom. The van der Waals surface area contributed by atoms with E-state index in [-0.39, 0.29) is 0 Å². The maximum Gasteiger partial charge on any atom is 0.0373 e. The van der Waals surface area contributed by atoms with Crippen LogP contribution in [0, 0.1) is 0 Å². The second kappa shape index (κ2) is 6.91. The van der Waals surface area contributed by atoms with Crippen molar-refractivity contribution in [3.05, 3.63) is 71.8 Å². The van der Waals surface area contributed by atoms with Crippen molar-refractivity contribution in [2.24, 2.45) is 0 Å². The van der Waals surface area contributed by atoms with Crippen LogP contribution in [0.4, 0.5) is 0 Å². The molecule has 0 aliphatic rings. The molecule has 0 nitrogen and oxygen atoms in total. The predicted molar refractivity (Wildman–Crippen MR) is 84.9 cm³/mol. The second-order valence-electron chi connectivity index (χ2n) is 4.30. The molecule has 0 spiro atoms. The molecule has 0 heterocycles. The molecule has 0 saturated carbocycles. The van der Waals surface area contributed by atoms with Gasteiger partial charge in [0.05, 0.1) is 0 Å². The highest BCUT2D eigenvalue weighted by molar-refractivity contribution is 8.76. The quantitative estimate of drug-likeness (QED) is 0.623. The van der Waals surface area contributed by atoms with Gasteiger partial charge in [-0.2, -0.15) is 0 Å². The summed E-state index contributed by atoms with van der Waals surface area (Å²) < 4.78 is 0. The van der Waals surface area contributed by atoms with Gasteiger partial charge in [-0.25, -0.2) is 0 Å². The SMILES string of the molecule is CC(SSC(C)c1ccccc1)c1ccccc1. The minimum absolute atomic E-state index is 0.530. The van der Waals surface area contributed by atoms with Crippen molar-refractivity contribution in [2.45, 2.75) is 24.3 Å². The largest absolute Gasteiger partial charge is 0.0856 e. The third kappa shape index (κ3) is 3.82. The Morgan fingerprint density at radius 1 is 0.611 bits per heavy atom. The van der Waals surface area contributed by atoms with Crippen LogP contribution in [0.5, 0.6) is 0 Å². The lowest BCUT2D eigenvalue weighted by molar-refractivity contribution is 1.10. The fourth-order valence-corrected chi connectivity index (χ4v) is 4.26. The van der Waals surface area contributed by atoms with Crippen LogP contribution in [0.25, 0.3) is 0 Å². The monoisotopic (exact) mass is 274 g/mol. The van der Waals surface area contributed by atoms with Crippen molar-refractivity contribution in [3.63, 3.8) is 0 Å². The van der Waals surface area contributed by atoms with Crippen LogP contribution < -0.4 is 0 Å². The summed E-state index contributed by atoms with van der Waals surface area (Å²) in [5.74, 6) is 0. The highest BCUT2D eigenvalue weighted by atomic mass is 33.1. The van der Waals surface area contributed by atoms with E-state index in [1.807, 2.05) is 21.6 Å². The lowest BCUT2D eigenvalue weighted by atomic mass is 10.2. The second-order valence-corrected chi connectivity index (χ2v) is 7.25. The van der Waals surface area contributed by atoms with Crippen molar-refractivity contribution in [2.75, 3.05) is 0 Å². The minimum Gasteiger partial charge on any atom is -0.0856 e. The summed E-state index contributed by atoms with van der Waals surface area (Å²) in [6, 6.07) is 21.4. The van der Waals surface area contributed by atoms with E-state index in [1.165, 1.54) is 11.1 Å². The van der Waals surface area contributed by atoms with Gasteiger partial charge in [-0.05, 0) is 25.0 Å². The highest BCUT2D eigenvalue weighted by Gasteiger charge is 2.10. The van der Waals surface area contributed by atoms with E-state index in [9.17, 15) is 0 Å². The summed E-state index contributed by atoms with van der Waals surface area (Å²) in [7, 11) is 3.90. The molecule has 18 heavy (non-hydrogen) atoms. The van der Waals surface area contributed by atoms with E-state index in [1.54, 1.807) is 0 Å². The Labute approximate surface area is 118 Å². The summed E-state index contributed by atoms with van der Waals surface area (Å²) in [6.07, 6.45) is 0. The lowest BCUT2D eigenvalue weighted by Crippen LogP contribution is -1.88. The molecule has 0 aromatic heterocycles. The van der Waals surface area contributed by atoms with Crippen LogP contribution in [0.2, 0.25) is 0 Å². The Hall–Kier alpha value is -0.860. The Morgan fingerprint density at radius 2 is 0.944 bits per heavy atom. The molecule has 0 aliphatic heterocycles. The predicted octanol–water partition coefficient (Wildman–Crippen LogP) is 5.89. The van der Waals surface area contributed by atoms with Gasteiger partial charge in [0.25, 0.3) is 0 Å². The van der Waals surface area contributed by atoms with E-state index in [4.69, 9.17) is 0 Å². The maximum atomic E-state index is 2.27. The topological polar surface area (TPSA) is 0 Å². The molecular formula is C16H18S2. The molecule has 0 saturated heterocycles. The maximum absolute atomic E-state index is 2.27. The first kappa shape index (κ1) is 13.6. The van der Waals surface area contributed by atoms with Crippen molar-refractivity contribution in [3.8, 4) is 0 Å². The van der Waals surface area contributed by atoms with Gasteiger partial charge in [-0.1, -0.05) is 82.3 Å². The van der Waals surface area contributed by atoms with Crippen LogP contribution in [0.3, 0.4) is 0 Å². The van der Waals surface area contributed by atoms with Gasteiger partial charge < -0.3 is 0 Å². The van der Waals surface area contributed by atoms with Crippen LogP contribution >= 0.6 is 21.6 Å². The lowest BCUT2D eigenvalue weighted by Gasteiger charge is -2.15. The summed E-state index contributed by atoms with van der Waals surface area (Å²) in [4.78, 5) is 0. The number of rotatable bonds is 5. The molecule has 0 N–H and O–H groups in total. The summed E-state index contributed by atoms with van der Waals surface area (Å²) in [5, 5.41) is 1.06. The van der Waals surface area contributed by atoms with E-state index < -0.39 is 0 Å². The third-order valence-electron chi connectivity index (χ3n) is 2.88. The van der Waals surface area contributed by atoms with Gasteiger partial charge >= 0.3 is 0 Å². The fourth-order valence-electron chi connectivity index (χ4n) is 1.73. The third-order valence-corrected chi connectivity index (χ3v) is 6.18. The zero-order valence-corrected chi connectivity index (χ0v) is 12.4. The Kier molecular flexibility index (Phi) is 5.21. The molecule has 2 aromatic carbocycles. The Balaban J connectivity index is 1.89. The van der Waals surface area contributed by atoms with Crippen LogP contribution in [0.15, 0.2) is 60.7 Å². The van der Waals surface area contributed by atoms with E-state index in [0.717, 1.165) is 0 Å². The zero-order valence-electron chi connectivity index (χ0n) is 10.7. The molecular weight excluding hydrogens is 256 g/mol. The van der Waals surface area contributed by atoms with Crippen LogP contribution in [-0.2, 0) is 0 Å². The molecule has 0 bridgehead atoms. The van der Waals surface area contributed by atoms with Gasteiger partial charge in [0.2, 0.25) is 0 Å². The van der Waals surface area contributed by atoms with Crippen molar-refractivity contribution in [1.29, 1.82) is 0 Å². The molecule has 2 atom stereocenters. The first-order chi connectivity index (χ1) is 8.77. The van der Waals surface area contributed by atoms with Gasteiger partial charge in [-0.15, -0.1) is 0 Å². The molecule has 94 valence electrons. The first-order valence-corrected chi connectivity index (χ1v) is 8.47. The first-order valence-electron chi connectivity index (χ1n) is 6.19. The summed E-state index contributed by atoms with van der Waals surface area (Å²) >= 11 is 0. The van der Waals surface area contributed by atoms with Crippen molar-refractivity contribution >= 4 is 21.6 Å². The molecule has 0 fully saturated rings. The van der Waals surface area contributed by atoms with Crippen LogP contribution in [0.1, 0.15) is 35.5 Å². The van der Waals surface area contributed by atoms with Gasteiger partial charge in [0, 0.05) is 10.5 Å². The van der Waals surface area contributed by atoms with Gasteiger partial charge in [0.1, 0.15) is 0 Å². The normalized spacial score (nSPS) is 14.1. The molecule has 2 heteroatoms. The molecule has 0 amide bonds. The van der Waals surface area contributed by atoms with E-state index in [2.05, 4.69) is 74.5 Å². The van der Waals surface area contributed by atoms with Crippen LogP contribution in [-0.4, -0.2) is 0 Å². The van der Waals surface area contributed by atoms with E-state index >= 15 is 0 Å². The molecule has 0 radical (unpaired) electrons. The number of hydrogen-bond acceptors (Lipinski definition) is 2. The number of benzene rings is 2. The average Bonchev–Trinajstić information content (AvgIpc) is 2.46. The van der Waals surface area contributed by atoms with Gasteiger partial charge in [0.15, 0.2) is 0 Å². The molecule has 2 aromatic rings. The summed E-state index contributed by atoms with van der Waals surface area (Å²) in [6.45, 7) is 4.54. The van der Waals surface area contributed by atoms with Crippen molar-refractivity contribution in [1.82, 2.24) is 0 Å². The summed E-state index contributed by atoms with van der Waals surface area (Å²) in [5.41, 5.74) is 2.80. The van der Waals surface area contributed by atoms with Crippen molar-refractivity contribution < 1.29 is 0 Å². The Bertz CT molecular complexity index is 408. The molecule has 2 unspecified atom stereocenters. The zero-order chi connectivity index (χ0) is 12.8. The minimum atomic E-state index is 0.530. The van der Waals surface area contributed by atoms with E-state index in [0.29, 0.717) is 10.5 Å².